The Morgan fingerprint density at radius 1 is 1.11 bits per heavy atom. The molecule has 0 N–H and O–H groups in total. The van der Waals surface area contributed by atoms with Crippen molar-refractivity contribution < 1.29 is 6.22 Å². The monoisotopic (exact) mass is 260 g/mol. The summed E-state index contributed by atoms with van der Waals surface area (Å²) in [5.41, 5.74) is 3.15. The van der Waals surface area contributed by atoms with Crippen molar-refractivity contribution in [2.45, 2.75) is 47.5 Å². The van der Waals surface area contributed by atoms with E-state index in [1.165, 1.54) is 12.0 Å². The Bertz CT molecular complexity index is 427. The van der Waals surface area contributed by atoms with E-state index >= 15 is 0 Å². The van der Waals surface area contributed by atoms with Crippen LogP contribution in [0.5, 0.6) is 0 Å². The van der Waals surface area contributed by atoms with Crippen LogP contribution in [0.1, 0.15) is 46.7 Å². The summed E-state index contributed by atoms with van der Waals surface area (Å²) in [6.07, 6.45) is 7.37. The van der Waals surface area contributed by atoms with Gasteiger partial charge in [-0.2, -0.15) is 0 Å². The summed E-state index contributed by atoms with van der Waals surface area (Å²) in [5.74, 6) is 0.205. The Morgan fingerprint density at radius 2 is 1.58 bits per heavy atom. The predicted octanol–water partition coefficient (Wildman–Crippen LogP) is 5.29. The van der Waals surface area contributed by atoms with Crippen LogP contribution in [-0.2, 0) is 11.2 Å². The fourth-order valence-electron chi connectivity index (χ4n) is 1.37. The lowest BCUT2D eigenvalue weighted by atomic mass is 9.98. The maximum absolute atomic E-state index is 11.6. The van der Waals surface area contributed by atoms with Crippen LogP contribution in [0.4, 0.5) is 0 Å². The highest BCUT2D eigenvalue weighted by atomic mass is 16.1. The van der Waals surface area contributed by atoms with E-state index in [1.54, 1.807) is 0 Å². The predicted molar refractivity (Wildman–Crippen MR) is 86.5 cm³/mol. The second-order valence-electron chi connectivity index (χ2n) is 4.27. The molecular formula is C18H28O. The zero-order valence-corrected chi connectivity index (χ0v) is 12.9. The van der Waals surface area contributed by atoms with E-state index in [2.05, 4.69) is 13.8 Å². The van der Waals surface area contributed by atoms with Gasteiger partial charge in [0.05, 0.1) is 0 Å². The van der Waals surface area contributed by atoms with Gasteiger partial charge in [-0.3, -0.25) is 4.79 Å². The molecule has 0 amide bonds. The number of rotatable bonds is 3. The molecule has 0 unspecified atom stereocenters. The van der Waals surface area contributed by atoms with Crippen molar-refractivity contribution in [1.29, 1.82) is 0 Å². The molecule has 0 saturated heterocycles. The molecule has 0 saturated carbocycles. The first-order chi connectivity index (χ1) is 9.17. The second-order valence-corrected chi connectivity index (χ2v) is 4.27. The van der Waals surface area contributed by atoms with Crippen LogP contribution in [0.15, 0.2) is 48.1 Å². The van der Waals surface area contributed by atoms with Gasteiger partial charge in [0.2, 0.25) is 0 Å². The molecule has 0 fully saturated rings. The standard InChI is InChI=1S/C13H12O.C3H8.C2H6.H2/c1-10-5-7-11(8-6-10)9-13(14)12-3-2-4-12;1-3-2;1-2;/h2-8H,9H2,1H3;3H2,1-2H3;1-2H3;1H. The Hall–Kier alpha value is -1.63. The topological polar surface area (TPSA) is 17.1 Å². The van der Waals surface area contributed by atoms with Gasteiger partial charge >= 0.3 is 0 Å². The molecule has 1 heteroatoms. The number of Topliss-reactive ketones (excluding diaryl/α,β-unsaturated/α-hetero) is 1. The van der Waals surface area contributed by atoms with Gasteiger partial charge in [-0.1, -0.05) is 82.2 Å². The SMILES string of the molecule is CC.CCC.Cc1ccc(CC(=O)C2=CC=C2)cc1.[HH]. The average Bonchev–Trinajstić information content (AvgIpc) is 2.33. The van der Waals surface area contributed by atoms with Crippen molar-refractivity contribution >= 4 is 5.78 Å². The second kappa shape index (κ2) is 10.3. The maximum atomic E-state index is 11.6. The first-order valence-corrected chi connectivity index (χ1v) is 7.14. The third kappa shape index (κ3) is 6.76. The van der Waals surface area contributed by atoms with Crippen molar-refractivity contribution in [3.05, 3.63) is 59.2 Å². The molecule has 2 rings (SSSR count). The molecule has 1 aromatic rings. The zero-order chi connectivity index (χ0) is 14.7. The number of benzene rings is 1. The molecule has 0 bridgehead atoms. The van der Waals surface area contributed by atoms with Crippen LogP contribution < -0.4 is 0 Å². The van der Waals surface area contributed by atoms with E-state index in [0.29, 0.717) is 6.42 Å². The van der Waals surface area contributed by atoms with Crippen LogP contribution in [0.3, 0.4) is 0 Å². The van der Waals surface area contributed by atoms with Gasteiger partial charge < -0.3 is 0 Å². The summed E-state index contributed by atoms with van der Waals surface area (Å²) >= 11 is 0. The van der Waals surface area contributed by atoms with Gasteiger partial charge in [0.25, 0.3) is 0 Å². The molecule has 0 aromatic heterocycles. The molecule has 19 heavy (non-hydrogen) atoms. The maximum Gasteiger partial charge on any atom is 0.167 e. The van der Waals surface area contributed by atoms with Gasteiger partial charge in [-0.05, 0) is 12.5 Å². The Labute approximate surface area is 119 Å². The molecule has 1 aliphatic carbocycles. The van der Waals surface area contributed by atoms with E-state index in [4.69, 9.17) is 0 Å². The highest BCUT2D eigenvalue weighted by Gasteiger charge is 2.09. The quantitative estimate of drug-likeness (QED) is 0.721. The van der Waals surface area contributed by atoms with Crippen LogP contribution in [0.25, 0.3) is 0 Å². The molecule has 0 aliphatic heterocycles. The minimum absolute atomic E-state index is 0. The lowest BCUT2D eigenvalue weighted by Crippen LogP contribution is -2.07. The molecular weight excluding hydrogens is 232 g/mol. The summed E-state index contributed by atoms with van der Waals surface area (Å²) in [4.78, 5) is 11.6. The largest absolute Gasteiger partial charge is 0.294 e. The Morgan fingerprint density at radius 3 is 1.95 bits per heavy atom. The van der Waals surface area contributed by atoms with Crippen LogP contribution >= 0.6 is 0 Å². The number of allylic oxidation sites excluding steroid dienone is 4. The van der Waals surface area contributed by atoms with Crippen molar-refractivity contribution in [2.24, 2.45) is 0 Å². The highest BCUT2D eigenvalue weighted by Crippen LogP contribution is 2.13. The van der Waals surface area contributed by atoms with Gasteiger partial charge in [0, 0.05) is 13.4 Å². The summed E-state index contributed by atoms with van der Waals surface area (Å²) < 4.78 is 0. The van der Waals surface area contributed by atoms with E-state index in [9.17, 15) is 4.79 Å². The highest BCUT2D eigenvalue weighted by molar-refractivity contribution is 6.01. The van der Waals surface area contributed by atoms with Crippen molar-refractivity contribution in [2.75, 3.05) is 0 Å². The summed E-state index contributed by atoms with van der Waals surface area (Å²) in [6.45, 7) is 10.3. The zero-order valence-electron chi connectivity index (χ0n) is 12.9. The summed E-state index contributed by atoms with van der Waals surface area (Å²) in [5, 5.41) is 0. The van der Waals surface area contributed by atoms with Gasteiger partial charge in [-0.15, -0.1) is 0 Å². The van der Waals surface area contributed by atoms with Crippen LogP contribution in [0.2, 0.25) is 0 Å². The third-order valence-corrected chi connectivity index (χ3v) is 2.36. The van der Waals surface area contributed by atoms with Crippen molar-refractivity contribution in [1.82, 2.24) is 0 Å². The third-order valence-electron chi connectivity index (χ3n) is 2.36. The lowest BCUT2D eigenvalue weighted by Gasteiger charge is -2.06. The number of carbonyl (C=O) groups is 1. The number of ketones is 1. The number of hydrogen-bond donors (Lipinski definition) is 0. The van der Waals surface area contributed by atoms with Crippen LogP contribution in [-0.4, -0.2) is 5.78 Å². The fourth-order valence-corrected chi connectivity index (χ4v) is 1.37. The first-order valence-electron chi connectivity index (χ1n) is 7.14. The van der Waals surface area contributed by atoms with Crippen molar-refractivity contribution in [3.8, 4) is 0 Å². The van der Waals surface area contributed by atoms with Gasteiger partial charge in [-0.25, -0.2) is 0 Å². The average molecular weight is 260 g/mol. The summed E-state index contributed by atoms with van der Waals surface area (Å²) in [7, 11) is 0. The lowest BCUT2D eigenvalue weighted by molar-refractivity contribution is -0.114. The molecule has 1 nitrogen and oxygen atoms in total. The number of carbonyl (C=O) groups excluding carboxylic acids is 1. The van der Waals surface area contributed by atoms with Gasteiger partial charge in [0.15, 0.2) is 5.78 Å². The molecule has 0 atom stereocenters. The molecule has 0 heterocycles. The Kier molecular flexibility index (Phi) is 9.42. The number of aryl methyl sites for hydroxylation is 1. The van der Waals surface area contributed by atoms with E-state index in [1.807, 2.05) is 63.3 Å². The molecule has 1 aromatic carbocycles. The van der Waals surface area contributed by atoms with E-state index < -0.39 is 0 Å². The molecule has 1 aliphatic rings. The number of hydrogen-bond acceptors (Lipinski definition) is 1. The van der Waals surface area contributed by atoms with Crippen LogP contribution in [0, 0.1) is 6.92 Å². The minimum Gasteiger partial charge on any atom is -0.294 e. The smallest absolute Gasteiger partial charge is 0.167 e. The Balaban J connectivity index is 0. The minimum atomic E-state index is 0. The normalized spacial score (nSPS) is 11.1. The van der Waals surface area contributed by atoms with Crippen molar-refractivity contribution in [3.63, 3.8) is 0 Å². The summed E-state index contributed by atoms with van der Waals surface area (Å²) in [6, 6.07) is 8.09. The van der Waals surface area contributed by atoms with E-state index in [-0.39, 0.29) is 7.21 Å². The van der Waals surface area contributed by atoms with Gasteiger partial charge in [0.1, 0.15) is 0 Å². The first kappa shape index (κ1) is 17.4. The van der Waals surface area contributed by atoms with E-state index in [0.717, 1.165) is 11.1 Å². The fraction of sp³-hybridized carbons (Fsp3) is 0.389. The molecule has 106 valence electrons. The molecule has 0 spiro atoms. The molecule has 0 radical (unpaired) electrons.